The zero-order chi connectivity index (χ0) is 7.68. The summed E-state index contributed by atoms with van der Waals surface area (Å²) in [5, 5.41) is 7.73. The number of nitrogens with zero attached hydrogens (tertiary/aromatic N) is 2. The average Bonchev–Trinajstić information content (AvgIpc) is 2.04. The van der Waals surface area contributed by atoms with E-state index in [4.69, 9.17) is 10.5 Å². The average molecular weight is 151 g/mol. The van der Waals surface area contributed by atoms with Crippen LogP contribution in [0.3, 0.4) is 0 Å². The molecule has 1 aliphatic rings. The third-order valence-corrected chi connectivity index (χ3v) is 1.72. The Morgan fingerprint density at radius 1 is 1.45 bits per heavy atom. The highest BCUT2D eigenvalue weighted by atomic mass is 16.5. The lowest BCUT2D eigenvalue weighted by atomic mass is 10.1. The summed E-state index contributed by atoms with van der Waals surface area (Å²) in [6, 6.07) is 1.82. The number of ether oxygens (including phenoxy) is 1. The molecule has 0 spiro atoms. The highest BCUT2D eigenvalue weighted by Gasteiger charge is 2.10. The van der Waals surface area contributed by atoms with Gasteiger partial charge in [-0.05, 0) is 6.07 Å². The number of nitrogens with two attached hydrogens (primary N) is 1. The van der Waals surface area contributed by atoms with Crippen LogP contribution in [0.15, 0.2) is 6.07 Å². The van der Waals surface area contributed by atoms with Crippen LogP contribution in [0.2, 0.25) is 0 Å². The largest absolute Gasteiger partial charge is 0.382 e. The van der Waals surface area contributed by atoms with Crippen LogP contribution in [0.1, 0.15) is 11.3 Å². The van der Waals surface area contributed by atoms with Crippen molar-refractivity contribution in [2.75, 3.05) is 12.3 Å². The normalized spacial score (nSPS) is 16.0. The number of hydrogen-bond donors (Lipinski definition) is 1. The Labute approximate surface area is 64.4 Å². The van der Waals surface area contributed by atoms with Crippen molar-refractivity contribution in [1.29, 1.82) is 0 Å². The Balaban J connectivity index is 2.43. The third-order valence-electron chi connectivity index (χ3n) is 1.72. The van der Waals surface area contributed by atoms with Crippen LogP contribution in [-0.2, 0) is 17.8 Å². The van der Waals surface area contributed by atoms with Gasteiger partial charge in [-0.2, -0.15) is 5.10 Å². The Morgan fingerprint density at radius 3 is 3.27 bits per heavy atom. The molecule has 0 atom stereocenters. The number of rotatable bonds is 0. The van der Waals surface area contributed by atoms with E-state index in [2.05, 4.69) is 10.2 Å². The molecule has 0 radical (unpaired) electrons. The Hall–Kier alpha value is -1.16. The zero-order valence-electron chi connectivity index (χ0n) is 6.08. The molecule has 0 aliphatic carbocycles. The van der Waals surface area contributed by atoms with E-state index < -0.39 is 0 Å². The van der Waals surface area contributed by atoms with E-state index in [0.29, 0.717) is 12.4 Å². The first-order valence-corrected chi connectivity index (χ1v) is 3.55. The fourth-order valence-corrected chi connectivity index (χ4v) is 1.16. The van der Waals surface area contributed by atoms with Crippen LogP contribution in [-0.4, -0.2) is 16.8 Å². The number of nitrogen functional groups attached to an aromatic ring is 1. The highest BCUT2D eigenvalue weighted by Crippen LogP contribution is 2.14. The second-order valence-electron chi connectivity index (χ2n) is 2.54. The molecule has 0 saturated heterocycles. The van der Waals surface area contributed by atoms with Crippen molar-refractivity contribution in [3.8, 4) is 0 Å². The lowest BCUT2D eigenvalue weighted by Crippen LogP contribution is -2.13. The maximum atomic E-state index is 5.45. The van der Waals surface area contributed by atoms with E-state index in [1.165, 1.54) is 0 Å². The summed E-state index contributed by atoms with van der Waals surface area (Å²) in [4.78, 5) is 0. The molecule has 1 aliphatic heterocycles. The minimum absolute atomic E-state index is 0.467. The first-order valence-electron chi connectivity index (χ1n) is 3.55. The molecule has 0 saturated carbocycles. The zero-order valence-corrected chi connectivity index (χ0v) is 6.08. The molecule has 58 valence electrons. The minimum Gasteiger partial charge on any atom is -0.382 e. The van der Waals surface area contributed by atoms with Crippen LogP contribution < -0.4 is 5.73 Å². The standard InChI is InChI=1S/C7H9N3O/c8-7-3-5-4-11-2-1-6(5)9-10-7/h3H,1-2,4H2,(H2,8,10). The minimum atomic E-state index is 0.467. The molecule has 0 aromatic carbocycles. The Bertz CT molecular complexity index is 274. The fourth-order valence-electron chi connectivity index (χ4n) is 1.16. The molecule has 4 heteroatoms. The number of anilines is 1. The predicted molar refractivity (Wildman–Crippen MR) is 39.8 cm³/mol. The maximum absolute atomic E-state index is 5.45. The van der Waals surface area contributed by atoms with Gasteiger partial charge in [0.1, 0.15) is 5.82 Å². The van der Waals surface area contributed by atoms with Gasteiger partial charge in [-0.25, -0.2) is 0 Å². The summed E-state index contributed by atoms with van der Waals surface area (Å²) in [5.74, 6) is 0.467. The molecule has 2 heterocycles. The molecular weight excluding hydrogens is 142 g/mol. The first-order chi connectivity index (χ1) is 5.36. The fraction of sp³-hybridized carbons (Fsp3) is 0.429. The van der Waals surface area contributed by atoms with Gasteiger partial charge in [0.15, 0.2) is 0 Å². The molecular formula is C7H9N3O. The van der Waals surface area contributed by atoms with Gasteiger partial charge in [0.05, 0.1) is 18.9 Å². The SMILES string of the molecule is Nc1cc2c(nn1)CCOC2. The van der Waals surface area contributed by atoms with Gasteiger partial charge in [-0.3, -0.25) is 0 Å². The van der Waals surface area contributed by atoms with E-state index >= 15 is 0 Å². The molecule has 11 heavy (non-hydrogen) atoms. The number of fused-ring (bicyclic) bond motifs is 1. The van der Waals surface area contributed by atoms with Crippen molar-refractivity contribution in [2.24, 2.45) is 0 Å². The quantitative estimate of drug-likeness (QED) is 0.572. The van der Waals surface area contributed by atoms with Crippen molar-refractivity contribution < 1.29 is 4.74 Å². The Kier molecular flexibility index (Phi) is 1.47. The van der Waals surface area contributed by atoms with E-state index in [1.807, 2.05) is 6.07 Å². The Morgan fingerprint density at radius 2 is 2.36 bits per heavy atom. The van der Waals surface area contributed by atoms with Crippen molar-refractivity contribution in [1.82, 2.24) is 10.2 Å². The van der Waals surface area contributed by atoms with Gasteiger partial charge in [0.25, 0.3) is 0 Å². The maximum Gasteiger partial charge on any atom is 0.146 e. The molecule has 2 N–H and O–H groups in total. The summed E-state index contributed by atoms with van der Waals surface area (Å²) in [7, 11) is 0. The monoisotopic (exact) mass is 151 g/mol. The van der Waals surface area contributed by atoms with Gasteiger partial charge in [-0.1, -0.05) is 0 Å². The third kappa shape index (κ3) is 1.17. The second-order valence-corrected chi connectivity index (χ2v) is 2.54. The van der Waals surface area contributed by atoms with Crippen molar-refractivity contribution in [3.05, 3.63) is 17.3 Å². The van der Waals surface area contributed by atoms with Gasteiger partial charge in [-0.15, -0.1) is 5.10 Å². The van der Waals surface area contributed by atoms with Gasteiger partial charge in [0, 0.05) is 12.0 Å². The van der Waals surface area contributed by atoms with Crippen LogP contribution in [0.4, 0.5) is 5.82 Å². The topological polar surface area (TPSA) is 61.0 Å². The smallest absolute Gasteiger partial charge is 0.146 e. The van der Waals surface area contributed by atoms with E-state index in [9.17, 15) is 0 Å². The molecule has 4 nitrogen and oxygen atoms in total. The molecule has 2 rings (SSSR count). The van der Waals surface area contributed by atoms with Crippen LogP contribution >= 0.6 is 0 Å². The summed E-state index contributed by atoms with van der Waals surface area (Å²) in [6.45, 7) is 1.36. The van der Waals surface area contributed by atoms with E-state index in [-0.39, 0.29) is 0 Å². The second kappa shape index (κ2) is 2.47. The molecule has 0 unspecified atom stereocenters. The number of aromatic nitrogens is 2. The molecule has 0 bridgehead atoms. The lowest BCUT2D eigenvalue weighted by molar-refractivity contribution is 0.109. The van der Waals surface area contributed by atoms with Gasteiger partial charge >= 0.3 is 0 Å². The van der Waals surface area contributed by atoms with Crippen molar-refractivity contribution in [3.63, 3.8) is 0 Å². The molecule has 0 fully saturated rings. The number of hydrogen-bond acceptors (Lipinski definition) is 4. The lowest BCUT2D eigenvalue weighted by Gasteiger charge is -2.13. The van der Waals surface area contributed by atoms with Crippen LogP contribution in [0.25, 0.3) is 0 Å². The molecule has 0 amide bonds. The summed E-state index contributed by atoms with van der Waals surface area (Å²) in [5.41, 5.74) is 7.54. The summed E-state index contributed by atoms with van der Waals surface area (Å²) in [6.07, 6.45) is 0.850. The predicted octanol–water partition coefficient (Wildman–Crippen LogP) is 0.131. The molecule has 1 aromatic heterocycles. The highest BCUT2D eigenvalue weighted by molar-refractivity contribution is 5.33. The van der Waals surface area contributed by atoms with Gasteiger partial charge < -0.3 is 10.5 Å². The summed E-state index contributed by atoms with van der Waals surface area (Å²) >= 11 is 0. The molecule has 1 aromatic rings. The van der Waals surface area contributed by atoms with E-state index in [1.54, 1.807) is 0 Å². The van der Waals surface area contributed by atoms with Gasteiger partial charge in [0.2, 0.25) is 0 Å². The van der Waals surface area contributed by atoms with E-state index in [0.717, 1.165) is 24.3 Å². The van der Waals surface area contributed by atoms with Crippen molar-refractivity contribution in [2.45, 2.75) is 13.0 Å². The van der Waals surface area contributed by atoms with Crippen molar-refractivity contribution >= 4 is 5.82 Å². The first kappa shape index (κ1) is 6.54. The van der Waals surface area contributed by atoms with Crippen LogP contribution in [0, 0.1) is 0 Å². The van der Waals surface area contributed by atoms with Crippen LogP contribution in [0.5, 0.6) is 0 Å². The summed E-state index contributed by atoms with van der Waals surface area (Å²) < 4.78 is 5.23.